The van der Waals surface area contributed by atoms with Gasteiger partial charge in [0.25, 0.3) is 0 Å². The number of aliphatic carboxylic acids is 1. The minimum absolute atomic E-state index is 0.0694. The highest BCUT2D eigenvalue weighted by molar-refractivity contribution is 6.01. The number of hydrogen-bond donors (Lipinski definition) is 2. The van der Waals surface area contributed by atoms with Crippen molar-refractivity contribution in [3.63, 3.8) is 0 Å². The van der Waals surface area contributed by atoms with Gasteiger partial charge < -0.3 is 10.8 Å². The lowest BCUT2D eigenvalue weighted by Crippen LogP contribution is -2.48. The van der Waals surface area contributed by atoms with Crippen LogP contribution in [-0.2, 0) is 9.59 Å². The zero-order valence-corrected chi connectivity index (χ0v) is 10.0. The highest BCUT2D eigenvalue weighted by Crippen LogP contribution is 2.40. The molecule has 5 nitrogen and oxygen atoms in total. The SMILES string of the molecule is CC1(C#N)CCC1.NC(=O)C1(C(=O)O)CCC1. The number of hydrogen-bond acceptors (Lipinski definition) is 3. The van der Waals surface area contributed by atoms with Gasteiger partial charge in [-0.25, -0.2) is 0 Å². The number of nitrogens with two attached hydrogens (primary N) is 1. The number of rotatable bonds is 2. The van der Waals surface area contributed by atoms with Gasteiger partial charge in [0.15, 0.2) is 0 Å². The number of primary amides is 1. The zero-order valence-electron chi connectivity index (χ0n) is 10.0. The second-order valence-electron chi connectivity index (χ2n) is 5.13. The van der Waals surface area contributed by atoms with Crippen molar-refractivity contribution >= 4 is 11.9 Å². The highest BCUT2D eigenvalue weighted by Gasteiger charge is 2.49. The molecule has 0 aromatic carbocycles. The maximum atomic E-state index is 10.6. The number of carboxylic acid groups (broad SMARTS) is 1. The number of carbonyl (C=O) groups is 2. The number of nitrogens with zero attached hydrogens (tertiary/aromatic N) is 1. The van der Waals surface area contributed by atoms with E-state index in [4.69, 9.17) is 16.1 Å². The smallest absolute Gasteiger partial charge is 0.319 e. The van der Waals surface area contributed by atoms with Crippen LogP contribution in [0.4, 0.5) is 0 Å². The lowest BCUT2D eigenvalue weighted by atomic mass is 9.68. The van der Waals surface area contributed by atoms with Crippen molar-refractivity contribution in [1.82, 2.24) is 0 Å². The Balaban J connectivity index is 0.000000181. The largest absolute Gasteiger partial charge is 0.480 e. The van der Waals surface area contributed by atoms with Crippen molar-refractivity contribution in [1.29, 1.82) is 5.26 Å². The highest BCUT2D eigenvalue weighted by atomic mass is 16.4. The molecule has 0 aromatic heterocycles. The van der Waals surface area contributed by atoms with E-state index in [0.29, 0.717) is 12.8 Å². The molecule has 0 radical (unpaired) electrons. The summed E-state index contributed by atoms with van der Waals surface area (Å²) < 4.78 is 0. The summed E-state index contributed by atoms with van der Waals surface area (Å²) in [7, 11) is 0. The number of carboxylic acids is 1. The molecule has 0 bridgehead atoms. The molecule has 17 heavy (non-hydrogen) atoms. The van der Waals surface area contributed by atoms with Gasteiger partial charge in [0.1, 0.15) is 5.41 Å². The maximum Gasteiger partial charge on any atom is 0.319 e. The van der Waals surface area contributed by atoms with Crippen LogP contribution in [0.5, 0.6) is 0 Å². The van der Waals surface area contributed by atoms with E-state index >= 15 is 0 Å². The van der Waals surface area contributed by atoms with E-state index in [1.807, 2.05) is 6.92 Å². The molecule has 5 heteroatoms. The van der Waals surface area contributed by atoms with Crippen molar-refractivity contribution in [2.45, 2.75) is 45.4 Å². The second kappa shape index (κ2) is 4.74. The molecule has 0 saturated heterocycles. The molecule has 0 heterocycles. The van der Waals surface area contributed by atoms with Crippen LogP contribution >= 0.6 is 0 Å². The van der Waals surface area contributed by atoms with E-state index in [2.05, 4.69) is 6.07 Å². The molecule has 2 aliphatic carbocycles. The first-order valence-corrected chi connectivity index (χ1v) is 5.81. The molecule has 2 aliphatic rings. The van der Waals surface area contributed by atoms with Crippen LogP contribution in [0.2, 0.25) is 0 Å². The monoisotopic (exact) mass is 238 g/mol. The molecule has 0 unspecified atom stereocenters. The Morgan fingerprint density at radius 2 is 1.71 bits per heavy atom. The summed E-state index contributed by atoms with van der Waals surface area (Å²) in [5, 5.41) is 16.9. The van der Waals surface area contributed by atoms with Crippen LogP contribution in [0.25, 0.3) is 0 Å². The molecule has 2 rings (SSSR count). The lowest BCUT2D eigenvalue weighted by molar-refractivity contribution is -0.160. The van der Waals surface area contributed by atoms with Crippen molar-refractivity contribution in [3.05, 3.63) is 0 Å². The van der Waals surface area contributed by atoms with E-state index in [1.165, 1.54) is 6.42 Å². The van der Waals surface area contributed by atoms with E-state index in [1.54, 1.807) is 0 Å². The van der Waals surface area contributed by atoms with Crippen LogP contribution in [-0.4, -0.2) is 17.0 Å². The summed E-state index contributed by atoms with van der Waals surface area (Å²) >= 11 is 0. The molecular weight excluding hydrogens is 220 g/mol. The molecule has 3 N–H and O–H groups in total. The first-order valence-electron chi connectivity index (χ1n) is 5.81. The van der Waals surface area contributed by atoms with Gasteiger partial charge in [-0.2, -0.15) is 5.26 Å². The third-order valence-corrected chi connectivity index (χ3v) is 3.82. The first kappa shape index (κ1) is 13.5. The van der Waals surface area contributed by atoms with Gasteiger partial charge in [-0.05, 0) is 32.6 Å². The molecule has 0 atom stereocenters. The topological polar surface area (TPSA) is 104 Å². The number of carbonyl (C=O) groups excluding carboxylic acids is 1. The predicted molar refractivity (Wildman–Crippen MR) is 60.7 cm³/mol. The minimum atomic E-state index is -1.22. The normalized spacial score (nSPS) is 22.8. The third-order valence-electron chi connectivity index (χ3n) is 3.82. The number of nitriles is 1. The van der Waals surface area contributed by atoms with Gasteiger partial charge in [0.05, 0.1) is 11.5 Å². The average Bonchev–Trinajstić information content (AvgIpc) is 2.12. The standard InChI is InChI=1S/C6H9NO3.C6H9N/c7-4(8)6(5(9)10)2-1-3-6;1-6(5-7)3-2-4-6/h1-3H2,(H2,7,8)(H,9,10);2-4H2,1H3. The fourth-order valence-corrected chi connectivity index (χ4v) is 1.91. The van der Waals surface area contributed by atoms with Crippen molar-refractivity contribution < 1.29 is 14.7 Å². The van der Waals surface area contributed by atoms with E-state index in [0.717, 1.165) is 19.3 Å². The van der Waals surface area contributed by atoms with Crippen molar-refractivity contribution in [2.24, 2.45) is 16.6 Å². The molecule has 2 saturated carbocycles. The van der Waals surface area contributed by atoms with E-state index in [-0.39, 0.29) is 5.41 Å². The molecule has 1 amide bonds. The number of amides is 1. The maximum absolute atomic E-state index is 10.6. The van der Waals surface area contributed by atoms with Crippen LogP contribution < -0.4 is 5.73 Å². The van der Waals surface area contributed by atoms with Crippen LogP contribution in [0, 0.1) is 22.2 Å². The quantitative estimate of drug-likeness (QED) is 0.710. The fraction of sp³-hybridized carbons (Fsp3) is 0.750. The zero-order chi connectivity index (χ0) is 13.1. The second-order valence-corrected chi connectivity index (χ2v) is 5.13. The van der Waals surface area contributed by atoms with E-state index < -0.39 is 17.3 Å². The fourth-order valence-electron chi connectivity index (χ4n) is 1.91. The molecule has 0 aromatic rings. The third kappa shape index (κ3) is 2.57. The van der Waals surface area contributed by atoms with Gasteiger partial charge >= 0.3 is 5.97 Å². The predicted octanol–water partition coefficient (Wildman–Crippen LogP) is 1.43. The van der Waals surface area contributed by atoms with Gasteiger partial charge in [-0.1, -0.05) is 12.8 Å². The average molecular weight is 238 g/mol. The van der Waals surface area contributed by atoms with E-state index in [9.17, 15) is 9.59 Å². The summed E-state index contributed by atoms with van der Waals surface area (Å²) in [6.45, 7) is 2.02. The van der Waals surface area contributed by atoms with Crippen LogP contribution in [0.3, 0.4) is 0 Å². The molecule has 0 aliphatic heterocycles. The Kier molecular flexibility index (Phi) is 3.76. The first-order chi connectivity index (χ1) is 7.86. The Morgan fingerprint density at radius 3 is 1.71 bits per heavy atom. The summed E-state index contributed by atoms with van der Waals surface area (Å²) in [4.78, 5) is 21.0. The Morgan fingerprint density at radius 1 is 1.24 bits per heavy atom. The van der Waals surface area contributed by atoms with Gasteiger partial charge in [0.2, 0.25) is 5.91 Å². The molecule has 2 fully saturated rings. The summed E-state index contributed by atoms with van der Waals surface area (Å²) in [6, 6.07) is 2.28. The van der Waals surface area contributed by atoms with Crippen LogP contribution in [0.1, 0.15) is 45.4 Å². The molecule has 0 spiro atoms. The van der Waals surface area contributed by atoms with Crippen molar-refractivity contribution in [2.75, 3.05) is 0 Å². The Hall–Kier alpha value is -1.57. The van der Waals surface area contributed by atoms with Gasteiger partial charge in [-0.3, -0.25) is 9.59 Å². The molecule has 94 valence electrons. The van der Waals surface area contributed by atoms with Gasteiger partial charge in [0, 0.05) is 0 Å². The summed E-state index contributed by atoms with van der Waals surface area (Å²) in [5.41, 5.74) is 3.76. The lowest BCUT2D eigenvalue weighted by Gasteiger charge is -2.33. The van der Waals surface area contributed by atoms with Crippen LogP contribution in [0.15, 0.2) is 0 Å². The van der Waals surface area contributed by atoms with Crippen molar-refractivity contribution in [3.8, 4) is 6.07 Å². The summed E-state index contributed by atoms with van der Waals surface area (Å²) in [6.07, 6.45) is 5.07. The minimum Gasteiger partial charge on any atom is -0.480 e. The Labute approximate surface area is 101 Å². The molecular formula is C12H18N2O3. The Bertz CT molecular complexity index is 346. The summed E-state index contributed by atoms with van der Waals surface area (Å²) in [5.74, 6) is -1.78. The van der Waals surface area contributed by atoms with Gasteiger partial charge in [-0.15, -0.1) is 0 Å².